The number of rotatable bonds is 10. The van der Waals surface area contributed by atoms with Gasteiger partial charge in [-0.3, -0.25) is 14.8 Å². The lowest BCUT2D eigenvalue weighted by molar-refractivity contribution is -0.145. The fourth-order valence-corrected chi connectivity index (χ4v) is 4.90. The topological polar surface area (TPSA) is 130 Å². The Morgan fingerprint density at radius 2 is 1.90 bits per heavy atom. The predicted octanol–water partition coefficient (Wildman–Crippen LogP) is 3.60. The van der Waals surface area contributed by atoms with E-state index in [1.54, 1.807) is 13.8 Å². The van der Waals surface area contributed by atoms with E-state index in [0.717, 1.165) is 28.8 Å². The van der Waals surface area contributed by atoms with Gasteiger partial charge in [-0.15, -0.1) is 0 Å². The molecule has 0 saturated carbocycles. The van der Waals surface area contributed by atoms with Crippen LogP contribution in [0.15, 0.2) is 67.9 Å². The number of halogens is 4. The molecule has 0 spiro atoms. The zero-order valence-electron chi connectivity index (χ0n) is 21.0. The molecule has 0 fully saturated rings. The van der Waals surface area contributed by atoms with Gasteiger partial charge in [0.1, 0.15) is 11.4 Å². The van der Waals surface area contributed by atoms with E-state index >= 15 is 0 Å². The number of aromatic nitrogens is 2. The molecule has 208 valence electrons. The Balaban J connectivity index is 1.73. The minimum absolute atomic E-state index is 0.167. The Labute approximate surface area is 221 Å². The average molecular weight is 569 g/mol. The van der Waals surface area contributed by atoms with Gasteiger partial charge in [-0.1, -0.05) is 0 Å². The summed E-state index contributed by atoms with van der Waals surface area (Å²) in [6, 6.07) is 4.10. The molecule has 0 saturated heterocycles. The van der Waals surface area contributed by atoms with Gasteiger partial charge >= 0.3 is 6.18 Å². The first kappa shape index (κ1) is 29.6. The summed E-state index contributed by atoms with van der Waals surface area (Å²) >= 11 is 0. The lowest BCUT2D eigenvalue weighted by Crippen LogP contribution is -2.44. The van der Waals surface area contributed by atoms with E-state index in [4.69, 9.17) is 4.42 Å². The number of alkyl halides is 3. The van der Waals surface area contributed by atoms with E-state index in [-0.39, 0.29) is 34.5 Å². The maximum Gasteiger partial charge on any atom is 0.451 e. The maximum absolute atomic E-state index is 13.5. The van der Waals surface area contributed by atoms with E-state index in [9.17, 15) is 30.8 Å². The van der Waals surface area contributed by atoms with Gasteiger partial charge in [0.05, 0.1) is 24.5 Å². The number of nitrogens with zero attached hydrogens (tertiary/aromatic N) is 5. The van der Waals surface area contributed by atoms with E-state index in [1.165, 1.54) is 25.3 Å². The van der Waals surface area contributed by atoms with Crippen LogP contribution in [0.2, 0.25) is 0 Å². The van der Waals surface area contributed by atoms with Crippen LogP contribution in [0.1, 0.15) is 25.2 Å². The van der Waals surface area contributed by atoms with Gasteiger partial charge in [-0.2, -0.15) is 17.5 Å². The average Bonchev–Trinajstić information content (AvgIpc) is 3.31. The SMILES string of the molecule is C=N/C(=C\C(=NC)c1cnc(C(F)(F)F)nc1)CNC(=O)CN(C(C)C)S(=O)(=O)c1cc2cc(F)ccc2o1. The molecule has 1 aromatic carbocycles. The number of hydrogen-bond donors (Lipinski definition) is 1. The van der Waals surface area contributed by atoms with Crippen molar-refractivity contribution in [2.45, 2.75) is 31.2 Å². The van der Waals surface area contributed by atoms with Gasteiger partial charge in [0.2, 0.25) is 16.8 Å². The summed E-state index contributed by atoms with van der Waals surface area (Å²) in [5.41, 5.74) is 0.692. The Morgan fingerprint density at radius 3 is 2.46 bits per heavy atom. The summed E-state index contributed by atoms with van der Waals surface area (Å²) in [7, 11) is -2.88. The molecule has 39 heavy (non-hydrogen) atoms. The first-order valence-electron chi connectivity index (χ1n) is 11.3. The fraction of sp³-hybridized carbons (Fsp3) is 0.292. The molecule has 2 heterocycles. The third-order valence-electron chi connectivity index (χ3n) is 5.31. The van der Waals surface area contributed by atoms with Crippen LogP contribution < -0.4 is 5.32 Å². The van der Waals surface area contributed by atoms with Crippen molar-refractivity contribution in [3.63, 3.8) is 0 Å². The van der Waals surface area contributed by atoms with Crippen LogP contribution in [0.3, 0.4) is 0 Å². The normalized spacial score (nSPS) is 13.4. The Hall–Kier alpha value is -3.98. The molecule has 0 unspecified atom stereocenters. The van der Waals surface area contributed by atoms with Crippen molar-refractivity contribution in [3.8, 4) is 0 Å². The van der Waals surface area contributed by atoms with Crippen LogP contribution in [0.4, 0.5) is 17.6 Å². The predicted molar refractivity (Wildman–Crippen MR) is 135 cm³/mol. The van der Waals surface area contributed by atoms with Gasteiger partial charge in [-0.25, -0.2) is 22.8 Å². The molecule has 0 bridgehead atoms. The second kappa shape index (κ2) is 11.8. The van der Waals surface area contributed by atoms with E-state index in [2.05, 4.69) is 32.0 Å². The molecule has 0 radical (unpaired) electrons. The standard InChI is InChI=1S/C24H24F4N6O4S/c1-14(2)34(39(36,37)22-8-15-7-17(25)5-6-20(15)38-22)13-21(35)31-12-18(29-3)9-19(30-4)16-10-32-23(33-11-16)24(26,27)28/h5-11,14H,3,12-13H2,1-2,4H3,(H,31,35)/b18-9-,30-19?. The number of aliphatic imine (C=N–C) groups is 2. The highest BCUT2D eigenvalue weighted by atomic mass is 32.2. The Morgan fingerprint density at radius 1 is 1.23 bits per heavy atom. The summed E-state index contributed by atoms with van der Waals surface area (Å²) in [5, 5.41) is 2.33. The molecule has 0 atom stereocenters. The van der Waals surface area contributed by atoms with E-state index in [1.807, 2.05) is 0 Å². The fourth-order valence-electron chi connectivity index (χ4n) is 3.36. The monoisotopic (exact) mass is 568 g/mol. The molecule has 2 aromatic heterocycles. The number of fused-ring (bicyclic) bond motifs is 1. The van der Waals surface area contributed by atoms with Crippen LogP contribution in [0.5, 0.6) is 0 Å². The van der Waals surface area contributed by atoms with Crippen molar-refractivity contribution in [2.75, 3.05) is 20.1 Å². The van der Waals surface area contributed by atoms with Crippen molar-refractivity contribution in [1.29, 1.82) is 0 Å². The minimum Gasteiger partial charge on any atom is -0.443 e. The number of benzene rings is 1. The van der Waals surface area contributed by atoms with Crippen LogP contribution in [0.25, 0.3) is 11.0 Å². The molecule has 0 aliphatic heterocycles. The third-order valence-corrected chi connectivity index (χ3v) is 7.19. The van der Waals surface area contributed by atoms with E-state index in [0.29, 0.717) is 0 Å². The smallest absolute Gasteiger partial charge is 0.443 e. The second-order valence-corrected chi connectivity index (χ2v) is 10.2. The van der Waals surface area contributed by atoms with Gasteiger partial charge in [0.15, 0.2) is 0 Å². The first-order valence-corrected chi connectivity index (χ1v) is 12.7. The largest absolute Gasteiger partial charge is 0.451 e. The molecule has 1 N–H and O–H groups in total. The molecule has 0 aliphatic carbocycles. The Kier molecular flexibility index (Phi) is 8.96. The number of amides is 1. The van der Waals surface area contributed by atoms with Crippen LogP contribution >= 0.6 is 0 Å². The maximum atomic E-state index is 13.5. The van der Waals surface area contributed by atoms with Gasteiger partial charge in [0.25, 0.3) is 10.0 Å². The minimum atomic E-state index is -4.70. The van der Waals surface area contributed by atoms with Gasteiger partial charge in [-0.05, 0) is 44.8 Å². The van der Waals surface area contributed by atoms with Crippen LogP contribution in [-0.4, -0.2) is 67.2 Å². The molecule has 3 rings (SSSR count). The van der Waals surface area contributed by atoms with Crippen molar-refractivity contribution in [3.05, 3.63) is 65.6 Å². The number of carbonyl (C=O) groups excluding carboxylic acids is 1. The number of hydrogen-bond acceptors (Lipinski definition) is 8. The van der Waals surface area contributed by atoms with Gasteiger partial charge < -0.3 is 9.73 Å². The highest BCUT2D eigenvalue weighted by Crippen LogP contribution is 2.27. The van der Waals surface area contributed by atoms with Crippen LogP contribution in [0, 0.1) is 5.82 Å². The van der Waals surface area contributed by atoms with Crippen molar-refractivity contribution in [2.24, 2.45) is 9.98 Å². The molecule has 10 nitrogen and oxygen atoms in total. The number of nitrogens with one attached hydrogen (secondary N) is 1. The quantitative estimate of drug-likeness (QED) is 0.294. The zero-order valence-corrected chi connectivity index (χ0v) is 21.8. The third kappa shape index (κ3) is 7.11. The summed E-state index contributed by atoms with van der Waals surface area (Å²) < 4.78 is 84.4. The molecular formula is C24H24F4N6O4S. The number of allylic oxidation sites excluding steroid dienone is 1. The van der Waals surface area contributed by atoms with Crippen molar-refractivity contribution in [1.82, 2.24) is 19.6 Å². The highest BCUT2D eigenvalue weighted by molar-refractivity contribution is 7.89. The molecule has 15 heteroatoms. The molecular weight excluding hydrogens is 544 g/mol. The molecule has 0 aliphatic rings. The summed E-state index contributed by atoms with van der Waals surface area (Å²) in [6.45, 7) is 5.78. The van der Waals surface area contributed by atoms with Gasteiger partial charge in [0, 0.05) is 42.5 Å². The zero-order chi connectivity index (χ0) is 29.0. The Bertz CT molecular complexity index is 1530. The van der Waals surface area contributed by atoms with Crippen molar-refractivity contribution < 1.29 is 35.2 Å². The van der Waals surface area contributed by atoms with Crippen LogP contribution in [-0.2, 0) is 21.0 Å². The second-order valence-electron chi connectivity index (χ2n) is 8.36. The summed E-state index contributed by atoms with van der Waals surface area (Å²) in [6.07, 6.45) is -1.43. The molecule has 1 amide bonds. The number of carbonyl (C=O) groups is 1. The lowest BCUT2D eigenvalue weighted by atomic mass is 10.1. The number of furan rings is 1. The summed E-state index contributed by atoms with van der Waals surface area (Å²) in [4.78, 5) is 27.0. The molecule has 3 aromatic rings. The van der Waals surface area contributed by atoms with E-state index < -0.39 is 51.4 Å². The lowest BCUT2D eigenvalue weighted by Gasteiger charge is -2.24. The highest BCUT2D eigenvalue weighted by Gasteiger charge is 2.34. The van der Waals surface area contributed by atoms with Crippen molar-refractivity contribution >= 4 is 39.3 Å². The first-order chi connectivity index (χ1) is 18.3. The summed E-state index contributed by atoms with van der Waals surface area (Å²) in [5.74, 6) is -2.55. The number of sulfonamides is 1.